The van der Waals surface area contributed by atoms with Gasteiger partial charge in [0.25, 0.3) is 0 Å². The van der Waals surface area contributed by atoms with Gasteiger partial charge in [-0.05, 0) is 18.6 Å². The number of thiazole rings is 1. The average molecular weight is 296 g/mol. The van der Waals surface area contributed by atoms with Crippen molar-refractivity contribution in [2.75, 3.05) is 0 Å². The molecule has 6 heteroatoms. The van der Waals surface area contributed by atoms with Gasteiger partial charge in [0.15, 0.2) is 10.6 Å². The molecule has 19 heavy (non-hydrogen) atoms. The molecule has 0 aliphatic carbocycles. The summed E-state index contributed by atoms with van der Waals surface area (Å²) in [7, 11) is 0. The average Bonchev–Trinajstić information content (AvgIpc) is 2.92. The van der Waals surface area contributed by atoms with Crippen LogP contribution < -0.4 is 0 Å². The summed E-state index contributed by atoms with van der Waals surface area (Å²) in [5, 5.41) is 8.36. The molecule has 0 spiro atoms. The molecule has 0 unspecified atom stereocenters. The quantitative estimate of drug-likeness (QED) is 0.862. The highest BCUT2D eigenvalue weighted by Crippen LogP contribution is 2.31. The molecule has 2 aromatic rings. The number of nitrogens with one attached hydrogen (secondary N) is 1. The lowest BCUT2D eigenvalue weighted by Gasteiger charge is -2.13. The molecule has 4 nitrogen and oxygen atoms in total. The second-order valence-corrected chi connectivity index (χ2v) is 7.05. The molecule has 0 saturated heterocycles. The predicted molar refractivity (Wildman–Crippen MR) is 82.1 cm³/mol. The number of rotatable bonds is 4. The second kappa shape index (κ2) is 5.54. The van der Waals surface area contributed by atoms with Crippen LogP contribution in [-0.2, 0) is 12.0 Å². The molecule has 0 aromatic carbocycles. The van der Waals surface area contributed by atoms with E-state index in [2.05, 4.69) is 47.4 Å². The SMILES string of the molecule is CCCCn1c(-c2cnc(C(C)(C)C)s2)n[nH]c1=S. The number of hydrogen-bond donors (Lipinski definition) is 1. The maximum atomic E-state index is 5.30. The van der Waals surface area contributed by atoms with E-state index in [1.165, 1.54) is 0 Å². The van der Waals surface area contributed by atoms with Gasteiger partial charge in [0.2, 0.25) is 0 Å². The highest BCUT2D eigenvalue weighted by molar-refractivity contribution is 7.71. The molecule has 0 bridgehead atoms. The van der Waals surface area contributed by atoms with E-state index >= 15 is 0 Å². The standard InChI is InChI=1S/C13H20N4S2/c1-5-6-7-17-10(15-16-12(17)18)9-8-14-11(19-9)13(2,3)4/h8H,5-7H2,1-4H3,(H,16,18). The molecular weight excluding hydrogens is 276 g/mol. The number of nitrogens with zero attached hydrogens (tertiary/aromatic N) is 3. The summed E-state index contributed by atoms with van der Waals surface area (Å²) in [6.07, 6.45) is 4.15. The number of H-pyrrole nitrogens is 1. The minimum Gasteiger partial charge on any atom is -0.299 e. The van der Waals surface area contributed by atoms with Gasteiger partial charge in [-0.1, -0.05) is 34.1 Å². The lowest BCUT2D eigenvalue weighted by Crippen LogP contribution is -2.09. The Bertz CT molecular complexity index is 601. The van der Waals surface area contributed by atoms with Crippen LogP contribution in [0.25, 0.3) is 10.7 Å². The zero-order valence-electron chi connectivity index (χ0n) is 11.9. The normalized spacial score (nSPS) is 12.0. The van der Waals surface area contributed by atoms with E-state index in [9.17, 15) is 0 Å². The van der Waals surface area contributed by atoms with Gasteiger partial charge in [-0.3, -0.25) is 9.67 Å². The maximum Gasteiger partial charge on any atom is 0.195 e. The number of aromatic nitrogens is 4. The number of unbranched alkanes of at least 4 members (excludes halogenated alkanes) is 1. The molecule has 0 aliphatic rings. The molecule has 1 N–H and O–H groups in total. The molecule has 0 amide bonds. The van der Waals surface area contributed by atoms with Crippen molar-refractivity contribution in [1.82, 2.24) is 19.7 Å². The Morgan fingerprint density at radius 1 is 1.42 bits per heavy atom. The molecule has 0 atom stereocenters. The minimum absolute atomic E-state index is 0.0737. The van der Waals surface area contributed by atoms with Crippen molar-refractivity contribution in [3.63, 3.8) is 0 Å². The Morgan fingerprint density at radius 3 is 2.74 bits per heavy atom. The van der Waals surface area contributed by atoms with Gasteiger partial charge in [0, 0.05) is 18.2 Å². The third-order valence-electron chi connectivity index (χ3n) is 2.86. The highest BCUT2D eigenvalue weighted by Gasteiger charge is 2.20. The van der Waals surface area contributed by atoms with Crippen molar-refractivity contribution >= 4 is 23.6 Å². The first-order valence-corrected chi connectivity index (χ1v) is 7.78. The summed E-state index contributed by atoms with van der Waals surface area (Å²) in [4.78, 5) is 5.59. The maximum absolute atomic E-state index is 5.30. The van der Waals surface area contributed by atoms with Gasteiger partial charge in [0.1, 0.15) is 0 Å². The van der Waals surface area contributed by atoms with Crippen LogP contribution in [0.15, 0.2) is 6.20 Å². The highest BCUT2D eigenvalue weighted by atomic mass is 32.1. The second-order valence-electron chi connectivity index (χ2n) is 5.64. The fraction of sp³-hybridized carbons (Fsp3) is 0.615. The molecule has 0 radical (unpaired) electrons. The van der Waals surface area contributed by atoms with Crippen LogP contribution in [0.2, 0.25) is 0 Å². The molecular formula is C13H20N4S2. The van der Waals surface area contributed by atoms with Crippen molar-refractivity contribution in [2.45, 2.75) is 52.5 Å². The van der Waals surface area contributed by atoms with Crippen molar-refractivity contribution < 1.29 is 0 Å². The number of hydrogen-bond acceptors (Lipinski definition) is 4. The molecule has 0 saturated carbocycles. The third kappa shape index (κ3) is 3.12. The summed E-state index contributed by atoms with van der Waals surface area (Å²) in [6.45, 7) is 9.59. The molecule has 104 valence electrons. The summed E-state index contributed by atoms with van der Waals surface area (Å²) >= 11 is 6.99. The topological polar surface area (TPSA) is 46.5 Å². The molecule has 2 heterocycles. The summed E-state index contributed by atoms with van der Waals surface area (Å²) < 4.78 is 2.76. The van der Waals surface area contributed by atoms with E-state index in [4.69, 9.17) is 12.2 Å². The molecule has 2 rings (SSSR count). The van der Waals surface area contributed by atoms with Crippen molar-refractivity contribution in [3.8, 4) is 10.7 Å². The lowest BCUT2D eigenvalue weighted by atomic mass is 9.98. The van der Waals surface area contributed by atoms with Crippen LogP contribution in [0.5, 0.6) is 0 Å². The van der Waals surface area contributed by atoms with E-state index < -0.39 is 0 Å². The Balaban J connectivity index is 2.37. The van der Waals surface area contributed by atoms with E-state index in [-0.39, 0.29) is 5.41 Å². The van der Waals surface area contributed by atoms with Crippen molar-refractivity contribution in [1.29, 1.82) is 0 Å². The van der Waals surface area contributed by atoms with E-state index in [0.717, 1.165) is 35.1 Å². The summed E-state index contributed by atoms with van der Waals surface area (Å²) in [5.74, 6) is 0.909. The molecule has 0 fully saturated rings. The van der Waals surface area contributed by atoms with Gasteiger partial charge < -0.3 is 0 Å². The van der Waals surface area contributed by atoms with Crippen molar-refractivity contribution in [3.05, 3.63) is 16.0 Å². The zero-order chi connectivity index (χ0) is 14.0. The summed E-state index contributed by atoms with van der Waals surface area (Å²) in [5.41, 5.74) is 0.0737. The Kier molecular flexibility index (Phi) is 4.20. The number of aromatic amines is 1. The van der Waals surface area contributed by atoms with Crippen LogP contribution in [0.1, 0.15) is 45.5 Å². The fourth-order valence-corrected chi connectivity index (χ4v) is 2.95. The Labute approximate surface area is 122 Å². The van der Waals surface area contributed by atoms with Gasteiger partial charge >= 0.3 is 0 Å². The lowest BCUT2D eigenvalue weighted by molar-refractivity contribution is 0.585. The van der Waals surface area contributed by atoms with Crippen LogP contribution >= 0.6 is 23.6 Å². The van der Waals surface area contributed by atoms with Gasteiger partial charge in [-0.25, -0.2) is 4.98 Å². The van der Waals surface area contributed by atoms with E-state index in [1.54, 1.807) is 11.3 Å². The van der Waals surface area contributed by atoms with E-state index in [1.807, 2.05) is 6.20 Å². The van der Waals surface area contributed by atoms with Crippen LogP contribution in [0.3, 0.4) is 0 Å². The van der Waals surface area contributed by atoms with Gasteiger partial charge in [-0.2, -0.15) is 5.10 Å². The predicted octanol–water partition coefficient (Wildman–Crippen LogP) is 4.16. The van der Waals surface area contributed by atoms with Crippen molar-refractivity contribution in [2.24, 2.45) is 0 Å². The van der Waals surface area contributed by atoms with E-state index in [0.29, 0.717) is 4.77 Å². The zero-order valence-corrected chi connectivity index (χ0v) is 13.5. The first kappa shape index (κ1) is 14.4. The first-order valence-electron chi connectivity index (χ1n) is 6.55. The van der Waals surface area contributed by atoms with Gasteiger partial charge in [0.05, 0.1) is 9.88 Å². The Morgan fingerprint density at radius 2 is 2.16 bits per heavy atom. The van der Waals surface area contributed by atoms with Crippen LogP contribution in [0.4, 0.5) is 0 Å². The smallest absolute Gasteiger partial charge is 0.195 e. The largest absolute Gasteiger partial charge is 0.299 e. The van der Waals surface area contributed by atoms with Crippen LogP contribution in [0, 0.1) is 4.77 Å². The van der Waals surface area contributed by atoms with Crippen LogP contribution in [-0.4, -0.2) is 19.7 Å². The molecule has 0 aliphatic heterocycles. The van der Waals surface area contributed by atoms with Gasteiger partial charge in [-0.15, -0.1) is 11.3 Å². The monoisotopic (exact) mass is 296 g/mol. The Hall–Kier alpha value is -1.01. The molecule has 2 aromatic heterocycles. The summed E-state index contributed by atoms with van der Waals surface area (Å²) in [6, 6.07) is 0. The fourth-order valence-electron chi connectivity index (χ4n) is 1.75. The first-order chi connectivity index (χ1) is 8.93. The minimum atomic E-state index is 0.0737. The third-order valence-corrected chi connectivity index (χ3v) is 4.59.